The maximum absolute atomic E-state index is 3.62. The quantitative estimate of drug-likeness (QED) is 0.704. The number of halogens is 2. The highest BCUT2D eigenvalue weighted by molar-refractivity contribution is 9.10. The predicted octanol–water partition coefficient (Wildman–Crippen LogP) is 2.90. The van der Waals surface area contributed by atoms with Gasteiger partial charge in [-0.15, -0.1) is 12.4 Å². The molecule has 0 fully saturated rings. The molecule has 0 aliphatic carbocycles. The van der Waals surface area contributed by atoms with Gasteiger partial charge in [0.2, 0.25) is 0 Å². The van der Waals surface area contributed by atoms with Gasteiger partial charge in [0.1, 0.15) is 0 Å². The lowest BCUT2D eigenvalue weighted by Crippen LogP contribution is -2.20. The topological polar surface area (TPSA) is 3.24 Å². The molecule has 3 heteroatoms. The van der Waals surface area contributed by atoms with Crippen LogP contribution in [0.1, 0.15) is 11.1 Å². The van der Waals surface area contributed by atoms with Gasteiger partial charge in [0.25, 0.3) is 0 Å². The molecular formula is C11H15BrClN. The average Bonchev–Trinajstić information content (AvgIpc) is 2.30. The third kappa shape index (κ3) is 2.50. The van der Waals surface area contributed by atoms with Gasteiger partial charge >= 0.3 is 0 Å². The summed E-state index contributed by atoms with van der Waals surface area (Å²) in [5.74, 6) is 0. The highest BCUT2D eigenvalue weighted by Gasteiger charge is 2.12. The Balaban J connectivity index is 0.000000980. The lowest BCUT2D eigenvalue weighted by atomic mass is 10.0. The lowest BCUT2D eigenvalue weighted by Gasteiger charge is -2.10. The number of rotatable bonds is 0. The van der Waals surface area contributed by atoms with Crippen molar-refractivity contribution in [2.75, 3.05) is 20.1 Å². The zero-order chi connectivity index (χ0) is 9.26. The fourth-order valence-electron chi connectivity index (χ4n) is 1.84. The molecule has 1 heterocycles. The van der Waals surface area contributed by atoms with Gasteiger partial charge in [-0.05, 0) is 37.1 Å². The van der Waals surface area contributed by atoms with Crippen LogP contribution in [0.25, 0.3) is 0 Å². The van der Waals surface area contributed by atoms with Crippen LogP contribution < -0.4 is 0 Å². The maximum atomic E-state index is 3.62. The van der Waals surface area contributed by atoms with E-state index >= 15 is 0 Å². The number of benzene rings is 1. The summed E-state index contributed by atoms with van der Waals surface area (Å²) in [4.78, 5) is 2.40. The van der Waals surface area contributed by atoms with Crippen molar-refractivity contribution in [1.82, 2.24) is 4.90 Å². The van der Waals surface area contributed by atoms with Crippen molar-refractivity contribution < 1.29 is 0 Å². The molecule has 2 rings (SSSR count). The Bertz CT molecular complexity index is 314. The van der Waals surface area contributed by atoms with Gasteiger partial charge in [-0.3, -0.25) is 0 Å². The Hall–Kier alpha value is -0.0500. The summed E-state index contributed by atoms with van der Waals surface area (Å²) < 4.78 is 1.28. The van der Waals surface area contributed by atoms with E-state index in [1.807, 2.05) is 0 Å². The number of likely N-dealkylation sites (N-methyl/N-ethyl adjacent to an activating group) is 1. The molecule has 1 aliphatic rings. The van der Waals surface area contributed by atoms with Crippen LogP contribution in [0.15, 0.2) is 22.7 Å². The largest absolute Gasteiger partial charge is 0.306 e. The first-order valence-electron chi connectivity index (χ1n) is 4.72. The van der Waals surface area contributed by atoms with Gasteiger partial charge in [-0.2, -0.15) is 0 Å². The molecule has 0 spiro atoms. The molecular weight excluding hydrogens is 261 g/mol. The minimum absolute atomic E-state index is 0. The third-order valence-electron chi connectivity index (χ3n) is 2.72. The van der Waals surface area contributed by atoms with E-state index in [1.165, 1.54) is 41.5 Å². The van der Waals surface area contributed by atoms with Crippen molar-refractivity contribution in [3.05, 3.63) is 33.8 Å². The lowest BCUT2D eigenvalue weighted by molar-refractivity contribution is 0.352. The second-order valence-electron chi connectivity index (χ2n) is 3.68. The van der Waals surface area contributed by atoms with E-state index in [1.54, 1.807) is 0 Å². The number of hydrogen-bond acceptors (Lipinski definition) is 1. The van der Waals surface area contributed by atoms with Crippen molar-refractivity contribution in [3.8, 4) is 0 Å². The second kappa shape index (κ2) is 5.15. The molecule has 0 unspecified atom stereocenters. The Kier molecular flexibility index (Phi) is 4.42. The van der Waals surface area contributed by atoms with Crippen molar-refractivity contribution in [2.45, 2.75) is 12.8 Å². The van der Waals surface area contributed by atoms with E-state index in [-0.39, 0.29) is 12.4 Å². The molecule has 1 aromatic rings. The average molecular weight is 277 g/mol. The molecule has 0 saturated carbocycles. The Morgan fingerprint density at radius 3 is 2.71 bits per heavy atom. The summed E-state index contributed by atoms with van der Waals surface area (Å²) in [5, 5.41) is 0. The van der Waals surface area contributed by atoms with E-state index < -0.39 is 0 Å². The van der Waals surface area contributed by atoms with Crippen LogP contribution in [-0.4, -0.2) is 25.0 Å². The minimum Gasteiger partial charge on any atom is -0.306 e. The van der Waals surface area contributed by atoms with E-state index in [0.717, 1.165) is 0 Å². The molecule has 1 aromatic carbocycles. The Labute approximate surface area is 100 Å². The van der Waals surface area contributed by atoms with Crippen molar-refractivity contribution >= 4 is 28.3 Å². The van der Waals surface area contributed by atoms with Gasteiger partial charge in [0, 0.05) is 17.6 Å². The van der Waals surface area contributed by atoms with Crippen LogP contribution in [0.2, 0.25) is 0 Å². The molecule has 0 aromatic heterocycles. The fraction of sp³-hybridized carbons (Fsp3) is 0.455. The van der Waals surface area contributed by atoms with Gasteiger partial charge < -0.3 is 4.90 Å². The highest BCUT2D eigenvalue weighted by atomic mass is 79.9. The molecule has 0 N–H and O–H groups in total. The molecule has 1 aliphatic heterocycles. The summed E-state index contributed by atoms with van der Waals surface area (Å²) in [6.45, 7) is 2.36. The molecule has 0 saturated heterocycles. The van der Waals surface area contributed by atoms with Crippen LogP contribution in [0.4, 0.5) is 0 Å². The van der Waals surface area contributed by atoms with Gasteiger partial charge in [-0.1, -0.05) is 28.1 Å². The van der Waals surface area contributed by atoms with E-state index in [2.05, 4.69) is 46.1 Å². The smallest absolute Gasteiger partial charge is 0.0210 e. The van der Waals surface area contributed by atoms with Crippen molar-refractivity contribution in [2.24, 2.45) is 0 Å². The fourth-order valence-corrected chi connectivity index (χ4v) is 2.45. The molecule has 1 nitrogen and oxygen atoms in total. The van der Waals surface area contributed by atoms with Crippen molar-refractivity contribution in [1.29, 1.82) is 0 Å². The van der Waals surface area contributed by atoms with Crippen LogP contribution in [0.5, 0.6) is 0 Å². The summed E-state index contributed by atoms with van der Waals surface area (Å²) in [6, 6.07) is 6.53. The molecule has 0 amide bonds. The van der Waals surface area contributed by atoms with Crippen LogP contribution in [-0.2, 0) is 12.8 Å². The van der Waals surface area contributed by atoms with Gasteiger partial charge in [-0.25, -0.2) is 0 Å². The van der Waals surface area contributed by atoms with Crippen LogP contribution >= 0.6 is 28.3 Å². The van der Waals surface area contributed by atoms with Crippen LogP contribution in [0.3, 0.4) is 0 Å². The monoisotopic (exact) mass is 275 g/mol. The zero-order valence-electron chi connectivity index (χ0n) is 8.29. The van der Waals surface area contributed by atoms with Gasteiger partial charge in [0.05, 0.1) is 0 Å². The van der Waals surface area contributed by atoms with Gasteiger partial charge in [0.15, 0.2) is 0 Å². The third-order valence-corrected chi connectivity index (χ3v) is 3.47. The normalized spacial score (nSPS) is 16.7. The molecule has 78 valence electrons. The first-order valence-corrected chi connectivity index (χ1v) is 5.51. The summed E-state index contributed by atoms with van der Waals surface area (Å²) >= 11 is 3.62. The summed E-state index contributed by atoms with van der Waals surface area (Å²) in [5.41, 5.74) is 3.02. The first kappa shape index (κ1) is 12.0. The molecule has 0 bridgehead atoms. The Morgan fingerprint density at radius 2 is 1.93 bits per heavy atom. The molecule has 0 radical (unpaired) electrons. The number of hydrogen-bond donors (Lipinski definition) is 0. The summed E-state index contributed by atoms with van der Waals surface area (Å²) in [7, 11) is 2.19. The highest BCUT2D eigenvalue weighted by Crippen LogP contribution is 2.23. The van der Waals surface area contributed by atoms with E-state index in [4.69, 9.17) is 0 Å². The van der Waals surface area contributed by atoms with E-state index in [9.17, 15) is 0 Å². The molecule has 14 heavy (non-hydrogen) atoms. The van der Waals surface area contributed by atoms with Crippen LogP contribution in [0, 0.1) is 0 Å². The standard InChI is InChI=1S/C11H14BrN.ClH/c1-13-7-5-9-3-2-4-11(12)10(9)6-8-13;/h2-4H,5-8H2,1H3;1H. The first-order chi connectivity index (χ1) is 6.27. The predicted molar refractivity (Wildman–Crippen MR) is 66.3 cm³/mol. The number of fused-ring (bicyclic) bond motifs is 1. The SMILES string of the molecule is CN1CCc2cccc(Br)c2CC1.Cl. The summed E-state index contributed by atoms with van der Waals surface area (Å²) in [6.07, 6.45) is 2.36. The van der Waals surface area contributed by atoms with E-state index in [0.29, 0.717) is 0 Å². The minimum atomic E-state index is 0. The molecule has 0 atom stereocenters. The zero-order valence-corrected chi connectivity index (χ0v) is 10.7. The second-order valence-corrected chi connectivity index (χ2v) is 4.54. The number of nitrogens with zero attached hydrogens (tertiary/aromatic N) is 1. The van der Waals surface area contributed by atoms with Crippen molar-refractivity contribution in [3.63, 3.8) is 0 Å². The Morgan fingerprint density at radius 1 is 1.21 bits per heavy atom. The maximum Gasteiger partial charge on any atom is 0.0210 e.